The quantitative estimate of drug-likeness (QED) is 0.894. The topological polar surface area (TPSA) is 24.9 Å². The highest BCUT2D eigenvalue weighted by Gasteiger charge is 2.14. The van der Waals surface area contributed by atoms with Gasteiger partial charge in [0, 0.05) is 12.2 Å². The Labute approximate surface area is 111 Å². The molecule has 0 spiro atoms. The number of benzene rings is 1. The average Bonchev–Trinajstić information content (AvgIpc) is 2.40. The maximum Gasteiger partial charge on any atom is 0.141 e. The molecule has 1 heterocycles. The first kappa shape index (κ1) is 13.6. The second-order valence-corrected chi connectivity index (χ2v) is 4.34. The monoisotopic (exact) mass is 262 g/mol. The summed E-state index contributed by atoms with van der Waals surface area (Å²) in [6.45, 7) is 2.68. The summed E-state index contributed by atoms with van der Waals surface area (Å²) in [4.78, 5) is 3.84. The molecule has 2 rings (SSSR count). The molecule has 0 bridgehead atoms. The Morgan fingerprint density at radius 2 is 2.00 bits per heavy atom. The first-order valence-electron chi connectivity index (χ1n) is 6.28. The Morgan fingerprint density at radius 3 is 2.68 bits per heavy atom. The van der Waals surface area contributed by atoms with Gasteiger partial charge in [-0.3, -0.25) is 4.98 Å². The summed E-state index contributed by atoms with van der Waals surface area (Å²) in [6.07, 6.45) is 3.23. The number of rotatable bonds is 5. The Bertz CT molecular complexity index is 543. The van der Waals surface area contributed by atoms with Crippen LogP contribution in [-0.2, 0) is 6.42 Å². The predicted octanol–water partition coefficient (Wildman–Crippen LogP) is 3.25. The van der Waals surface area contributed by atoms with E-state index in [0.29, 0.717) is 12.0 Å². The second-order valence-electron chi connectivity index (χ2n) is 4.34. The van der Waals surface area contributed by atoms with Crippen LogP contribution in [0, 0.1) is 11.6 Å². The van der Waals surface area contributed by atoms with Gasteiger partial charge in [0.05, 0.1) is 6.20 Å². The van der Waals surface area contributed by atoms with Crippen LogP contribution in [0.15, 0.2) is 42.7 Å². The molecule has 0 amide bonds. The molecule has 2 nitrogen and oxygen atoms in total. The molecule has 0 aliphatic carbocycles. The van der Waals surface area contributed by atoms with Crippen LogP contribution in [0.4, 0.5) is 8.78 Å². The third-order valence-electron chi connectivity index (χ3n) is 2.96. The summed E-state index contributed by atoms with van der Waals surface area (Å²) < 4.78 is 26.9. The van der Waals surface area contributed by atoms with Gasteiger partial charge < -0.3 is 5.32 Å². The van der Waals surface area contributed by atoms with Gasteiger partial charge in [-0.15, -0.1) is 0 Å². The minimum atomic E-state index is -0.381. The van der Waals surface area contributed by atoms with Gasteiger partial charge in [0.25, 0.3) is 0 Å². The van der Waals surface area contributed by atoms with Gasteiger partial charge in [-0.1, -0.05) is 25.1 Å². The molecule has 19 heavy (non-hydrogen) atoms. The zero-order chi connectivity index (χ0) is 13.7. The summed E-state index contributed by atoms with van der Waals surface area (Å²) in [6, 6.07) is 7.91. The molecule has 1 atom stereocenters. The molecule has 1 aromatic carbocycles. The van der Waals surface area contributed by atoms with Crippen LogP contribution in [0.2, 0.25) is 0 Å². The standard InChI is InChI=1S/C15H16F2N2/c1-2-19-15(12-7-13(16)10-18-9-12)8-11-5-3-4-6-14(11)17/h3-7,9-10,15,19H,2,8H2,1H3. The SMILES string of the molecule is CCNC(Cc1ccccc1F)c1cncc(F)c1. The van der Waals surface area contributed by atoms with E-state index in [1.165, 1.54) is 12.1 Å². The number of aromatic nitrogens is 1. The lowest BCUT2D eigenvalue weighted by Gasteiger charge is -2.18. The van der Waals surface area contributed by atoms with Gasteiger partial charge in [-0.25, -0.2) is 8.78 Å². The molecule has 0 saturated heterocycles. The highest BCUT2D eigenvalue weighted by molar-refractivity contribution is 5.23. The number of likely N-dealkylation sites (N-methyl/N-ethyl adjacent to an activating group) is 1. The molecule has 1 unspecified atom stereocenters. The van der Waals surface area contributed by atoms with Crippen molar-refractivity contribution < 1.29 is 8.78 Å². The van der Waals surface area contributed by atoms with Gasteiger partial charge in [0.1, 0.15) is 11.6 Å². The fraction of sp³-hybridized carbons (Fsp3) is 0.267. The van der Waals surface area contributed by atoms with Crippen molar-refractivity contribution in [3.05, 3.63) is 65.5 Å². The lowest BCUT2D eigenvalue weighted by molar-refractivity contribution is 0.521. The highest BCUT2D eigenvalue weighted by Crippen LogP contribution is 2.20. The fourth-order valence-electron chi connectivity index (χ4n) is 2.06. The van der Waals surface area contributed by atoms with E-state index >= 15 is 0 Å². The van der Waals surface area contributed by atoms with Gasteiger partial charge in [0.2, 0.25) is 0 Å². The number of hydrogen-bond donors (Lipinski definition) is 1. The van der Waals surface area contributed by atoms with Crippen molar-refractivity contribution in [3.63, 3.8) is 0 Å². The average molecular weight is 262 g/mol. The molecular formula is C15H16F2N2. The Balaban J connectivity index is 2.24. The zero-order valence-electron chi connectivity index (χ0n) is 10.7. The van der Waals surface area contributed by atoms with Gasteiger partial charge in [-0.2, -0.15) is 0 Å². The molecule has 1 aromatic heterocycles. The minimum Gasteiger partial charge on any atom is -0.310 e. The number of nitrogens with one attached hydrogen (secondary N) is 1. The summed E-state index contributed by atoms with van der Waals surface area (Å²) >= 11 is 0. The second kappa shape index (κ2) is 6.38. The molecule has 0 aliphatic rings. The first-order chi connectivity index (χ1) is 9.20. The maximum atomic E-state index is 13.7. The van der Waals surface area contributed by atoms with Crippen LogP contribution in [0.25, 0.3) is 0 Å². The Morgan fingerprint density at radius 1 is 1.21 bits per heavy atom. The largest absolute Gasteiger partial charge is 0.310 e. The van der Waals surface area contributed by atoms with Crippen LogP contribution in [-0.4, -0.2) is 11.5 Å². The highest BCUT2D eigenvalue weighted by atomic mass is 19.1. The van der Waals surface area contributed by atoms with E-state index < -0.39 is 0 Å². The predicted molar refractivity (Wildman–Crippen MR) is 70.7 cm³/mol. The number of halogens is 2. The molecule has 4 heteroatoms. The van der Waals surface area contributed by atoms with Crippen molar-refractivity contribution in [2.45, 2.75) is 19.4 Å². The van der Waals surface area contributed by atoms with Crippen molar-refractivity contribution in [2.24, 2.45) is 0 Å². The first-order valence-corrected chi connectivity index (χ1v) is 6.28. The van der Waals surface area contributed by atoms with Gasteiger partial charge >= 0.3 is 0 Å². The number of nitrogens with zero attached hydrogens (tertiary/aromatic N) is 1. The van der Waals surface area contributed by atoms with Crippen LogP contribution < -0.4 is 5.32 Å². The van der Waals surface area contributed by atoms with E-state index in [4.69, 9.17) is 0 Å². The third kappa shape index (κ3) is 3.58. The molecule has 0 radical (unpaired) electrons. The molecule has 1 N–H and O–H groups in total. The molecular weight excluding hydrogens is 246 g/mol. The van der Waals surface area contributed by atoms with Crippen molar-refractivity contribution in [2.75, 3.05) is 6.54 Å². The number of pyridine rings is 1. The van der Waals surface area contributed by atoms with Crippen LogP contribution in [0.5, 0.6) is 0 Å². The Hall–Kier alpha value is -1.81. The van der Waals surface area contributed by atoms with E-state index in [2.05, 4.69) is 10.3 Å². The summed E-state index contributed by atoms with van der Waals surface area (Å²) in [5.41, 5.74) is 1.34. The Kier molecular flexibility index (Phi) is 4.58. The number of hydrogen-bond acceptors (Lipinski definition) is 2. The third-order valence-corrected chi connectivity index (χ3v) is 2.96. The van der Waals surface area contributed by atoms with Gasteiger partial charge in [0.15, 0.2) is 0 Å². The van der Waals surface area contributed by atoms with Crippen LogP contribution in [0.1, 0.15) is 24.1 Å². The minimum absolute atomic E-state index is 0.148. The van der Waals surface area contributed by atoms with Crippen molar-refractivity contribution >= 4 is 0 Å². The zero-order valence-corrected chi connectivity index (χ0v) is 10.7. The summed E-state index contributed by atoms with van der Waals surface area (Å²) in [5.74, 6) is -0.622. The van der Waals surface area contributed by atoms with Crippen LogP contribution >= 0.6 is 0 Å². The molecule has 0 aliphatic heterocycles. The molecule has 2 aromatic rings. The van der Waals surface area contributed by atoms with E-state index in [1.54, 1.807) is 24.4 Å². The summed E-state index contributed by atoms with van der Waals surface area (Å²) in [7, 11) is 0. The van der Waals surface area contributed by atoms with Crippen molar-refractivity contribution in [3.8, 4) is 0 Å². The molecule has 100 valence electrons. The lowest BCUT2D eigenvalue weighted by Crippen LogP contribution is -2.23. The maximum absolute atomic E-state index is 13.7. The van der Waals surface area contributed by atoms with Crippen molar-refractivity contribution in [1.29, 1.82) is 0 Å². The van der Waals surface area contributed by atoms with Crippen LogP contribution in [0.3, 0.4) is 0 Å². The van der Waals surface area contributed by atoms with Crippen molar-refractivity contribution in [1.82, 2.24) is 10.3 Å². The molecule has 0 fully saturated rings. The van der Waals surface area contributed by atoms with E-state index in [0.717, 1.165) is 18.3 Å². The normalized spacial score (nSPS) is 12.4. The lowest BCUT2D eigenvalue weighted by atomic mass is 9.99. The summed E-state index contributed by atoms with van der Waals surface area (Å²) in [5, 5.41) is 3.23. The van der Waals surface area contributed by atoms with Gasteiger partial charge in [-0.05, 0) is 36.2 Å². The van der Waals surface area contributed by atoms with E-state index in [1.807, 2.05) is 6.92 Å². The van der Waals surface area contributed by atoms with E-state index in [-0.39, 0.29) is 17.7 Å². The van der Waals surface area contributed by atoms with E-state index in [9.17, 15) is 8.78 Å². The molecule has 0 saturated carbocycles. The fourth-order valence-corrected chi connectivity index (χ4v) is 2.06. The smallest absolute Gasteiger partial charge is 0.141 e.